The molecule has 1 heterocycles. The monoisotopic (exact) mass is 323 g/mol. The maximum absolute atomic E-state index is 12.4. The molecule has 0 aliphatic heterocycles. The van der Waals surface area contributed by atoms with Crippen molar-refractivity contribution in [2.24, 2.45) is 0 Å². The van der Waals surface area contributed by atoms with Crippen molar-refractivity contribution in [1.29, 1.82) is 0 Å². The molecular formula is C14H17N3O4S. The molecule has 2 N–H and O–H groups in total. The van der Waals surface area contributed by atoms with Gasteiger partial charge in [0.1, 0.15) is 5.82 Å². The molecular weight excluding hydrogens is 306 g/mol. The van der Waals surface area contributed by atoms with Crippen molar-refractivity contribution in [3.8, 4) is 5.75 Å². The second kappa shape index (κ2) is 5.90. The van der Waals surface area contributed by atoms with Gasteiger partial charge in [-0.2, -0.15) is 4.72 Å². The summed E-state index contributed by atoms with van der Waals surface area (Å²) in [6.45, 7) is 3.22. The third kappa shape index (κ3) is 3.34. The van der Waals surface area contributed by atoms with E-state index in [1.807, 2.05) is 0 Å². The van der Waals surface area contributed by atoms with Gasteiger partial charge in [-0.25, -0.2) is 13.4 Å². The number of aromatic nitrogens is 2. The molecule has 0 radical (unpaired) electrons. The maximum Gasteiger partial charge on any atom is 0.293 e. The summed E-state index contributed by atoms with van der Waals surface area (Å²) in [7, 11) is -2.38. The minimum atomic E-state index is -3.74. The summed E-state index contributed by atoms with van der Waals surface area (Å²) in [4.78, 5) is 18.5. The van der Waals surface area contributed by atoms with Crippen molar-refractivity contribution in [1.82, 2.24) is 14.7 Å². The molecule has 22 heavy (non-hydrogen) atoms. The Balaban J connectivity index is 2.35. The van der Waals surface area contributed by atoms with Gasteiger partial charge in [0.2, 0.25) is 15.8 Å². The smallest absolute Gasteiger partial charge is 0.293 e. The standard InChI is InChI=1S/C14H17N3O4S/c1-14(2,13-15-9-11(21-3)12(18)16-13)17-22(19,20)10-7-5-4-6-8-10/h4-9,17H,1-3H3,(H,15,16,18). The molecule has 0 amide bonds. The largest absolute Gasteiger partial charge is 0.490 e. The Morgan fingerprint density at radius 3 is 2.41 bits per heavy atom. The summed E-state index contributed by atoms with van der Waals surface area (Å²) in [5, 5.41) is 0. The van der Waals surface area contributed by atoms with E-state index in [4.69, 9.17) is 4.74 Å². The highest BCUT2D eigenvalue weighted by atomic mass is 32.2. The first kappa shape index (κ1) is 16.2. The average molecular weight is 323 g/mol. The van der Waals surface area contributed by atoms with Crippen LogP contribution in [0, 0.1) is 0 Å². The van der Waals surface area contributed by atoms with Crippen LogP contribution in [0.15, 0.2) is 46.2 Å². The first-order chi connectivity index (χ1) is 10.3. The molecule has 0 atom stereocenters. The third-order valence-corrected chi connectivity index (χ3v) is 4.69. The Hall–Kier alpha value is -2.19. The van der Waals surface area contributed by atoms with Gasteiger partial charge < -0.3 is 9.72 Å². The Morgan fingerprint density at radius 2 is 1.86 bits per heavy atom. The predicted molar refractivity (Wildman–Crippen MR) is 81.2 cm³/mol. The normalized spacial score (nSPS) is 12.1. The van der Waals surface area contributed by atoms with E-state index in [1.165, 1.54) is 25.4 Å². The number of hydrogen-bond acceptors (Lipinski definition) is 5. The van der Waals surface area contributed by atoms with Gasteiger partial charge in [0.05, 0.1) is 23.7 Å². The lowest BCUT2D eigenvalue weighted by molar-refractivity contribution is 0.397. The Bertz CT molecular complexity index is 813. The van der Waals surface area contributed by atoms with E-state index in [-0.39, 0.29) is 16.5 Å². The van der Waals surface area contributed by atoms with Crippen molar-refractivity contribution in [3.05, 3.63) is 52.7 Å². The Kier molecular flexibility index (Phi) is 4.34. The minimum Gasteiger partial charge on any atom is -0.490 e. The molecule has 0 fully saturated rings. The molecule has 0 aliphatic rings. The number of ether oxygens (including phenoxy) is 1. The fourth-order valence-corrected chi connectivity index (χ4v) is 3.29. The lowest BCUT2D eigenvalue weighted by Gasteiger charge is -2.24. The van der Waals surface area contributed by atoms with Gasteiger partial charge in [-0.15, -0.1) is 0 Å². The van der Waals surface area contributed by atoms with Crippen LogP contribution in [-0.2, 0) is 15.6 Å². The molecule has 0 spiro atoms. The topological polar surface area (TPSA) is 101 Å². The zero-order valence-corrected chi connectivity index (χ0v) is 13.3. The third-order valence-electron chi connectivity index (χ3n) is 3.02. The fourth-order valence-electron chi connectivity index (χ4n) is 1.89. The van der Waals surface area contributed by atoms with Crippen molar-refractivity contribution >= 4 is 10.0 Å². The average Bonchev–Trinajstić information content (AvgIpc) is 2.47. The van der Waals surface area contributed by atoms with E-state index in [0.717, 1.165) is 0 Å². The molecule has 1 aromatic carbocycles. The number of rotatable bonds is 5. The number of nitrogens with zero attached hydrogens (tertiary/aromatic N) is 1. The highest BCUT2D eigenvalue weighted by Crippen LogP contribution is 2.19. The summed E-state index contributed by atoms with van der Waals surface area (Å²) in [5.74, 6) is 0.253. The highest BCUT2D eigenvalue weighted by Gasteiger charge is 2.30. The van der Waals surface area contributed by atoms with Crippen LogP contribution in [-0.4, -0.2) is 25.5 Å². The number of aromatic amines is 1. The van der Waals surface area contributed by atoms with E-state index >= 15 is 0 Å². The van der Waals surface area contributed by atoms with Crippen LogP contribution in [0.4, 0.5) is 0 Å². The predicted octanol–water partition coefficient (Wildman–Crippen LogP) is 0.992. The van der Waals surface area contributed by atoms with Crippen molar-refractivity contribution in [2.75, 3.05) is 7.11 Å². The van der Waals surface area contributed by atoms with Crippen molar-refractivity contribution in [3.63, 3.8) is 0 Å². The fraction of sp³-hybridized carbons (Fsp3) is 0.286. The van der Waals surface area contributed by atoms with Gasteiger partial charge in [0.25, 0.3) is 5.56 Å². The number of nitrogens with one attached hydrogen (secondary N) is 2. The van der Waals surface area contributed by atoms with E-state index < -0.39 is 21.1 Å². The van der Waals surface area contributed by atoms with Crippen LogP contribution in [0.25, 0.3) is 0 Å². The molecule has 0 aliphatic carbocycles. The summed E-state index contributed by atoms with van der Waals surface area (Å²) in [6.07, 6.45) is 1.26. The summed E-state index contributed by atoms with van der Waals surface area (Å²) in [6, 6.07) is 7.97. The number of hydrogen-bond donors (Lipinski definition) is 2. The first-order valence-corrected chi connectivity index (χ1v) is 7.97. The SMILES string of the molecule is COc1cnc(C(C)(C)NS(=O)(=O)c2ccccc2)[nH]c1=O. The highest BCUT2D eigenvalue weighted by molar-refractivity contribution is 7.89. The molecule has 2 rings (SSSR count). The van der Waals surface area contributed by atoms with E-state index in [2.05, 4.69) is 14.7 Å². The second-order valence-electron chi connectivity index (χ2n) is 5.17. The molecule has 7 nitrogen and oxygen atoms in total. The van der Waals surface area contributed by atoms with Gasteiger partial charge in [0.15, 0.2) is 0 Å². The van der Waals surface area contributed by atoms with Gasteiger partial charge >= 0.3 is 0 Å². The summed E-state index contributed by atoms with van der Waals surface area (Å²) in [5.41, 5.74) is -1.57. The Morgan fingerprint density at radius 1 is 1.23 bits per heavy atom. The maximum atomic E-state index is 12.4. The van der Waals surface area contributed by atoms with Crippen LogP contribution in [0.5, 0.6) is 5.75 Å². The van der Waals surface area contributed by atoms with Crippen molar-refractivity contribution in [2.45, 2.75) is 24.3 Å². The Labute approximate surface area is 128 Å². The summed E-state index contributed by atoms with van der Waals surface area (Å²) < 4.78 is 32.1. The van der Waals surface area contributed by atoms with Gasteiger partial charge in [-0.3, -0.25) is 4.79 Å². The van der Waals surface area contributed by atoms with E-state index in [1.54, 1.807) is 32.0 Å². The van der Waals surface area contributed by atoms with Crippen LogP contribution in [0.1, 0.15) is 19.7 Å². The first-order valence-electron chi connectivity index (χ1n) is 6.49. The van der Waals surface area contributed by atoms with E-state index in [0.29, 0.717) is 0 Å². The molecule has 1 aromatic heterocycles. The molecule has 118 valence electrons. The molecule has 8 heteroatoms. The van der Waals surface area contributed by atoms with Gasteiger partial charge in [-0.1, -0.05) is 18.2 Å². The quantitative estimate of drug-likeness (QED) is 0.854. The van der Waals surface area contributed by atoms with Crippen LogP contribution in [0.2, 0.25) is 0 Å². The summed E-state index contributed by atoms with van der Waals surface area (Å²) >= 11 is 0. The number of H-pyrrole nitrogens is 1. The zero-order chi connectivity index (χ0) is 16.4. The zero-order valence-electron chi connectivity index (χ0n) is 12.5. The molecule has 0 saturated heterocycles. The number of sulfonamides is 1. The van der Waals surface area contributed by atoms with Crippen LogP contribution in [0.3, 0.4) is 0 Å². The van der Waals surface area contributed by atoms with Gasteiger partial charge in [-0.05, 0) is 26.0 Å². The molecule has 0 saturated carbocycles. The van der Waals surface area contributed by atoms with Gasteiger partial charge in [0, 0.05) is 0 Å². The van der Waals surface area contributed by atoms with Crippen molar-refractivity contribution < 1.29 is 13.2 Å². The molecule has 2 aromatic rings. The molecule has 0 bridgehead atoms. The molecule has 0 unspecified atom stereocenters. The van der Waals surface area contributed by atoms with Crippen LogP contribution < -0.4 is 15.0 Å². The second-order valence-corrected chi connectivity index (χ2v) is 6.86. The lowest BCUT2D eigenvalue weighted by Crippen LogP contribution is -2.43. The van der Waals surface area contributed by atoms with Crippen LogP contribution >= 0.6 is 0 Å². The lowest BCUT2D eigenvalue weighted by atomic mass is 10.1. The number of benzene rings is 1. The minimum absolute atomic E-state index is 0.0606. The number of methoxy groups -OCH3 is 1. The van der Waals surface area contributed by atoms with E-state index in [9.17, 15) is 13.2 Å².